The van der Waals surface area contributed by atoms with E-state index in [1.807, 2.05) is 31.2 Å². The highest BCUT2D eigenvalue weighted by Crippen LogP contribution is 2.39. The molecule has 0 saturated heterocycles. The van der Waals surface area contributed by atoms with E-state index in [0.29, 0.717) is 22.3 Å². The minimum Gasteiger partial charge on any atom is -0.478 e. The van der Waals surface area contributed by atoms with Crippen molar-refractivity contribution < 1.29 is 18.7 Å². The van der Waals surface area contributed by atoms with Crippen LogP contribution >= 0.6 is 0 Å². The van der Waals surface area contributed by atoms with E-state index in [2.05, 4.69) is 5.18 Å². The monoisotopic (exact) mass is 502 g/mol. The summed E-state index contributed by atoms with van der Waals surface area (Å²) in [4.78, 5) is 34.8. The highest BCUT2D eigenvalue weighted by Gasteiger charge is 2.26. The van der Waals surface area contributed by atoms with Gasteiger partial charge in [-0.2, -0.15) is 4.91 Å². The molecule has 4 rings (SSSR count). The standard InChI is InChI=1S/C29H24F2N2O4/c1-17-5-3-4-6-21(17)24(15-27(32-37)20-9-12-28(34)33(2)16-20)22-10-7-18(13-25(22)30)19-8-11-23(29(35)36)26(31)14-19/h3-14,16,24,27H,15H2,1-2H3,(H,35,36). The van der Waals surface area contributed by atoms with Gasteiger partial charge >= 0.3 is 5.97 Å². The topological polar surface area (TPSA) is 88.7 Å². The second-order valence-electron chi connectivity index (χ2n) is 8.91. The van der Waals surface area contributed by atoms with Gasteiger partial charge in [-0.3, -0.25) is 4.79 Å². The fourth-order valence-electron chi connectivity index (χ4n) is 4.53. The van der Waals surface area contributed by atoms with Crippen LogP contribution in [0, 0.1) is 23.5 Å². The van der Waals surface area contributed by atoms with Crippen molar-refractivity contribution in [3.63, 3.8) is 0 Å². The van der Waals surface area contributed by atoms with E-state index < -0.39 is 35.1 Å². The number of nitrogens with zero attached hydrogens (tertiary/aromatic N) is 2. The Hall–Kier alpha value is -4.46. The molecule has 0 spiro atoms. The first-order valence-electron chi connectivity index (χ1n) is 11.6. The predicted octanol–water partition coefficient (Wildman–Crippen LogP) is 6.37. The minimum absolute atomic E-state index is 0.158. The van der Waals surface area contributed by atoms with Crippen molar-refractivity contribution in [1.82, 2.24) is 4.57 Å². The van der Waals surface area contributed by atoms with Crippen LogP contribution in [0.25, 0.3) is 11.1 Å². The Balaban J connectivity index is 1.76. The number of carbonyl (C=O) groups is 1. The lowest BCUT2D eigenvalue weighted by molar-refractivity contribution is 0.0692. The van der Waals surface area contributed by atoms with Crippen LogP contribution in [0.4, 0.5) is 8.78 Å². The van der Waals surface area contributed by atoms with Crippen LogP contribution in [0.5, 0.6) is 0 Å². The lowest BCUT2D eigenvalue weighted by Gasteiger charge is -2.23. The highest BCUT2D eigenvalue weighted by atomic mass is 19.1. The first-order valence-corrected chi connectivity index (χ1v) is 11.6. The molecular formula is C29H24F2N2O4. The van der Waals surface area contributed by atoms with Gasteiger partial charge in [-0.15, -0.1) is 0 Å². The van der Waals surface area contributed by atoms with E-state index >= 15 is 4.39 Å². The number of pyridine rings is 1. The molecule has 188 valence electrons. The number of nitroso groups, excluding NO2 is 1. The van der Waals surface area contributed by atoms with Crippen molar-refractivity contribution in [3.05, 3.63) is 134 Å². The molecule has 0 aliphatic carbocycles. The molecule has 2 atom stereocenters. The maximum absolute atomic E-state index is 15.6. The Labute approximate surface area is 211 Å². The van der Waals surface area contributed by atoms with Crippen molar-refractivity contribution in [3.8, 4) is 11.1 Å². The molecule has 8 heteroatoms. The maximum atomic E-state index is 15.6. The minimum atomic E-state index is -1.39. The maximum Gasteiger partial charge on any atom is 0.338 e. The zero-order chi connectivity index (χ0) is 26.7. The average molecular weight is 503 g/mol. The fourth-order valence-corrected chi connectivity index (χ4v) is 4.53. The van der Waals surface area contributed by atoms with Gasteiger partial charge in [0.2, 0.25) is 5.56 Å². The van der Waals surface area contributed by atoms with E-state index in [-0.39, 0.29) is 12.0 Å². The van der Waals surface area contributed by atoms with Gasteiger partial charge in [-0.25, -0.2) is 13.6 Å². The van der Waals surface area contributed by atoms with Crippen LogP contribution in [0.1, 0.15) is 51.0 Å². The molecule has 4 aromatic rings. The highest BCUT2D eigenvalue weighted by molar-refractivity contribution is 5.88. The zero-order valence-electron chi connectivity index (χ0n) is 20.2. The number of aromatic nitrogens is 1. The number of rotatable bonds is 8. The van der Waals surface area contributed by atoms with E-state index in [0.717, 1.165) is 23.3 Å². The Morgan fingerprint density at radius 1 is 0.946 bits per heavy atom. The van der Waals surface area contributed by atoms with Crippen LogP contribution in [0.2, 0.25) is 0 Å². The Kier molecular flexibility index (Phi) is 7.38. The normalized spacial score (nSPS) is 12.6. The van der Waals surface area contributed by atoms with Gasteiger partial charge in [0.1, 0.15) is 17.7 Å². The smallest absolute Gasteiger partial charge is 0.338 e. The Morgan fingerprint density at radius 2 is 1.62 bits per heavy atom. The molecule has 0 saturated carbocycles. The molecule has 2 unspecified atom stereocenters. The number of carboxylic acid groups (broad SMARTS) is 1. The molecule has 0 aliphatic rings. The summed E-state index contributed by atoms with van der Waals surface area (Å²) < 4.78 is 31.2. The van der Waals surface area contributed by atoms with Gasteiger partial charge in [0, 0.05) is 25.2 Å². The molecule has 0 aliphatic heterocycles. The van der Waals surface area contributed by atoms with Crippen molar-refractivity contribution in [2.75, 3.05) is 0 Å². The van der Waals surface area contributed by atoms with E-state index in [1.165, 1.54) is 22.8 Å². The molecule has 0 radical (unpaired) electrons. The summed E-state index contributed by atoms with van der Waals surface area (Å²) in [5, 5.41) is 12.4. The molecule has 6 nitrogen and oxygen atoms in total. The average Bonchev–Trinajstić information content (AvgIpc) is 2.87. The van der Waals surface area contributed by atoms with E-state index in [1.54, 1.807) is 31.4 Å². The van der Waals surface area contributed by atoms with E-state index in [9.17, 15) is 18.9 Å². The third-order valence-corrected chi connectivity index (χ3v) is 6.55. The lowest BCUT2D eigenvalue weighted by atomic mass is 9.82. The zero-order valence-corrected chi connectivity index (χ0v) is 20.2. The number of aryl methyl sites for hydroxylation is 2. The number of benzene rings is 3. The van der Waals surface area contributed by atoms with Crippen LogP contribution in [-0.2, 0) is 7.05 Å². The molecular weight excluding hydrogens is 478 g/mol. The van der Waals surface area contributed by atoms with Crippen molar-refractivity contribution >= 4 is 5.97 Å². The first-order chi connectivity index (χ1) is 17.7. The number of aromatic carboxylic acids is 1. The van der Waals surface area contributed by atoms with Gasteiger partial charge < -0.3 is 9.67 Å². The van der Waals surface area contributed by atoms with Crippen molar-refractivity contribution in [2.45, 2.75) is 25.3 Å². The molecule has 1 aromatic heterocycles. The summed E-state index contributed by atoms with van der Waals surface area (Å²) in [6.45, 7) is 1.90. The molecule has 0 amide bonds. The fraction of sp³-hybridized carbons (Fsp3) is 0.172. The van der Waals surface area contributed by atoms with Gasteiger partial charge in [-0.1, -0.05) is 47.6 Å². The van der Waals surface area contributed by atoms with E-state index in [4.69, 9.17) is 5.11 Å². The number of hydrogen-bond donors (Lipinski definition) is 1. The SMILES string of the molecule is Cc1ccccc1C(CC(N=O)c1ccc(=O)n(C)c1)c1ccc(-c2ccc(C(=O)O)c(F)c2)cc1F. The van der Waals surface area contributed by atoms with Gasteiger partial charge in [0.25, 0.3) is 0 Å². The molecule has 0 fully saturated rings. The summed E-state index contributed by atoms with van der Waals surface area (Å²) in [6, 6.07) is 17.7. The van der Waals surface area contributed by atoms with Crippen molar-refractivity contribution in [1.29, 1.82) is 0 Å². The van der Waals surface area contributed by atoms with Crippen molar-refractivity contribution in [2.24, 2.45) is 12.2 Å². The molecule has 3 aromatic carbocycles. The summed E-state index contributed by atoms with van der Waals surface area (Å²) in [5.41, 5.74) is 2.63. The quantitative estimate of drug-likeness (QED) is 0.284. The molecule has 37 heavy (non-hydrogen) atoms. The molecule has 1 heterocycles. The Bertz CT molecular complexity index is 1550. The summed E-state index contributed by atoms with van der Waals surface area (Å²) in [7, 11) is 1.58. The Morgan fingerprint density at radius 3 is 2.22 bits per heavy atom. The van der Waals surface area contributed by atoms with Crippen LogP contribution < -0.4 is 5.56 Å². The number of hydrogen-bond acceptors (Lipinski definition) is 4. The van der Waals surface area contributed by atoms with Crippen LogP contribution in [0.3, 0.4) is 0 Å². The predicted molar refractivity (Wildman–Crippen MR) is 137 cm³/mol. The van der Waals surface area contributed by atoms with Crippen LogP contribution in [0.15, 0.2) is 89.0 Å². The van der Waals surface area contributed by atoms with Crippen LogP contribution in [-0.4, -0.2) is 15.6 Å². The summed E-state index contributed by atoms with van der Waals surface area (Å²) in [5.74, 6) is -3.40. The van der Waals surface area contributed by atoms with Gasteiger partial charge in [0.05, 0.1) is 5.56 Å². The molecule has 1 N–H and O–H groups in total. The number of halogens is 2. The lowest BCUT2D eigenvalue weighted by Crippen LogP contribution is -2.17. The second kappa shape index (κ2) is 10.7. The largest absolute Gasteiger partial charge is 0.478 e. The van der Waals surface area contributed by atoms with Gasteiger partial charge in [-0.05, 0) is 71.0 Å². The third-order valence-electron chi connectivity index (χ3n) is 6.55. The summed E-state index contributed by atoms with van der Waals surface area (Å²) >= 11 is 0. The first kappa shape index (κ1) is 25.6. The summed E-state index contributed by atoms with van der Waals surface area (Å²) in [6.07, 6.45) is 1.71. The molecule has 0 bridgehead atoms. The third kappa shape index (κ3) is 5.38. The second-order valence-corrected chi connectivity index (χ2v) is 8.91. The van der Waals surface area contributed by atoms with Gasteiger partial charge in [0.15, 0.2) is 0 Å². The number of carboxylic acids is 1.